The predicted molar refractivity (Wildman–Crippen MR) is 118 cm³/mol. The molecule has 28 heavy (non-hydrogen) atoms. The summed E-state index contributed by atoms with van der Waals surface area (Å²) in [6, 6.07) is 19.1. The first-order chi connectivity index (χ1) is 13.6. The lowest BCUT2D eigenvalue weighted by atomic mass is 9.96. The lowest BCUT2D eigenvalue weighted by Crippen LogP contribution is -1.99. The van der Waals surface area contributed by atoms with Gasteiger partial charge in [0.15, 0.2) is 10.6 Å². The number of rotatable bonds is 5. The van der Waals surface area contributed by atoms with Gasteiger partial charge in [-0.3, -0.25) is 5.10 Å². The van der Waals surface area contributed by atoms with Gasteiger partial charge in [0, 0.05) is 23.1 Å². The first-order valence-electron chi connectivity index (χ1n) is 9.78. The summed E-state index contributed by atoms with van der Waals surface area (Å²) in [5.74, 6) is 1.41. The van der Waals surface area contributed by atoms with Crippen molar-refractivity contribution in [3.8, 4) is 22.6 Å². The van der Waals surface area contributed by atoms with Crippen molar-refractivity contribution in [2.24, 2.45) is 0 Å². The Hall–Kier alpha value is -2.79. The molecule has 0 saturated carbocycles. The van der Waals surface area contributed by atoms with Crippen molar-refractivity contribution >= 4 is 23.1 Å². The zero-order valence-electron chi connectivity index (χ0n) is 16.4. The maximum Gasteiger partial charge on any atom is 0.195 e. The van der Waals surface area contributed by atoms with Crippen molar-refractivity contribution in [1.29, 1.82) is 0 Å². The molecule has 2 heterocycles. The van der Waals surface area contributed by atoms with Crippen LogP contribution in [-0.4, -0.2) is 19.7 Å². The quantitative estimate of drug-likeness (QED) is 0.405. The van der Waals surface area contributed by atoms with Crippen LogP contribution in [0.25, 0.3) is 33.5 Å². The van der Waals surface area contributed by atoms with Crippen LogP contribution in [0.5, 0.6) is 0 Å². The van der Waals surface area contributed by atoms with Gasteiger partial charge in [0.1, 0.15) is 0 Å². The van der Waals surface area contributed by atoms with Gasteiger partial charge in [-0.05, 0) is 49.2 Å². The molecule has 1 atom stereocenters. The van der Waals surface area contributed by atoms with Crippen LogP contribution in [0, 0.1) is 4.77 Å². The summed E-state index contributed by atoms with van der Waals surface area (Å²) in [5, 5.41) is 8.52. The smallest absolute Gasteiger partial charge is 0.195 e. The second-order valence-electron chi connectivity index (χ2n) is 7.10. The summed E-state index contributed by atoms with van der Waals surface area (Å²) in [4.78, 5) is 4.92. The Labute approximate surface area is 170 Å². The molecule has 0 radical (unpaired) electrons. The average Bonchev–Trinajstić information content (AvgIpc) is 3.12. The number of nitrogens with zero attached hydrogens (tertiary/aromatic N) is 3. The van der Waals surface area contributed by atoms with E-state index in [0.717, 1.165) is 46.5 Å². The van der Waals surface area contributed by atoms with E-state index >= 15 is 0 Å². The van der Waals surface area contributed by atoms with Gasteiger partial charge in [0.05, 0.1) is 11.2 Å². The lowest BCUT2D eigenvalue weighted by molar-refractivity contribution is 0.734. The van der Waals surface area contributed by atoms with Gasteiger partial charge in [-0.25, -0.2) is 4.98 Å². The Morgan fingerprint density at radius 2 is 1.82 bits per heavy atom. The fraction of sp³-hybridized carbons (Fsp3) is 0.261. The predicted octanol–water partition coefficient (Wildman–Crippen LogP) is 6.36. The van der Waals surface area contributed by atoms with E-state index in [9.17, 15) is 0 Å². The van der Waals surface area contributed by atoms with Gasteiger partial charge >= 0.3 is 0 Å². The summed E-state index contributed by atoms with van der Waals surface area (Å²) in [6.45, 7) is 7.32. The second kappa shape index (κ2) is 7.68. The van der Waals surface area contributed by atoms with Crippen LogP contribution >= 0.6 is 12.2 Å². The Balaban J connectivity index is 1.90. The normalized spacial score (nSPS) is 12.4. The number of H-pyrrole nitrogens is 1. The molecule has 5 heteroatoms. The van der Waals surface area contributed by atoms with Crippen LogP contribution in [0.2, 0.25) is 0 Å². The molecule has 0 spiro atoms. The molecule has 2 aromatic heterocycles. The number of aromatic amines is 1. The van der Waals surface area contributed by atoms with Gasteiger partial charge in [0.2, 0.25) is 0 Å². The number of hydrogen-bond acceptors (Lipinski definition) is 3. The van der Waals surface area contributed by atoms with E-state index in [-0.39, 0.29) is 0 Å². The number of pyridine rings is 1. The second-order valence-corrected chi connectivity index (χ2v) is 7.49. The number of benzene rings is 2. The topological polar surface area (TPSA) is 46.5 Å². The molecule has 0 bridgehead atoms. The molecule has 0 fully saturated rings. The van der Waals surface area contributed by atoms with Crippen molar-refractivity contribution in [2.75, 3.05) is 0 Å². The number of para-hydroxylation sites is 1. The lowest BCUT2D eigenvalue weighted by Gasteiger charge is -2.12. The van der Waals surface area contributed by atoms with Gasteiger partial charge in [-0.15, -0.1) is 0 Å². The van der Waals surface area contributed by atoms with Crippen LogP contribution in [-0.2, 0) is 6.54 Å². The van der Waals surface area contributed by atoms with Crippen molar-refractivity contribution in [2.45, 2.75) is 39.7 Å². The van der Waals surface area contributed by atoms with E-state index in [1.165, 1.54) is 5.56 Å². The zero-order chi connectivity index (χ0) is 19.7. The van der Waals surface area contributed by atoms with E-state index in [0.29, 0.717) is 10.7 Å². The Morgan fingerprint density at radius 3 is 2.54 bits per heavy atom. The third-order valence-corrected chi connectivity index (χ3v) is 5.73. The fourth-order valence-corrected chi connectivity index (χ4v) is 3.80. The van der Waals surface area contributed by atoms with Gasteiger partial charge < -0.3 is 4.57 Å². The molecule has 0 aliphatic heterocycles. The van der Waals surface area contributed by atoms with Crippen molar-refractivity contribution < 1.29 is 0 Å². The molecular formula is C23H24N4S. The van der Waals surface area contributed by atoms with E-state index in [1.54, 1.807) is 0 Å². The molecule has 0 amide bonds. The fourth-order valence-electron chi connectivity index (χ4n) is 3.54. The Bertz CT molecular complexity index is 1170. The van der Waals surface area contributed by atoms with Crippen LogP contribution in [0.1, 0.15) is 38.7 Å². The summed E-state index contributed by atoms with van der Waals surface area (Å²) in [7, 11) is 0. The molecule has 0 saturated heterocycles. The van der Waals surface area contributed by atoms with Crippen LogP contribution in [0.15, 0.2) is 54.6 Å². The summed E-state index contributed by atoms with van der Waals surface area (Å²) < 4.78 is 2.66. The van der Waals surface area contributed by atoms with Gasteiger partial charge in [0.25, 0.3) is 0 Å². The number of nitrogens with one attached hydrogen (secondary N) is 1. The number of hydrogen-bond donors (Lipinski definition) is 1. The Morgan fingerprint density at radius 1 is 1.07 bits per heavy atom. The standard InChI is InChI=1S/C23H24N4S/c1-4-15(3)16-10-12-17(13-11-16)21-14-19(18-8-6-7-9-20(18)24-21)22-25-26-23(28)27(22)5-2/h6-15H,4-5H2,1-3H3,(H,26,28)/t15-/m1/s1. The highest BCUT2D eigenvalue weighted by atomic mass is 32.1. The molecule has 0 unspecified atom stereocenters. The zero-order valence-corrected chi connectivity index (χ0v) is 17.3. The van der Waals surface area contributed by atoms with E-state index in [1.807, 2.05) is 22.8 Å². The maximum absolute atomic E-state index is 5.40. The summed E-state index contributed by atoms with van der Waals surface area (Å²) >= 11 is 5.40. The minimum atomic E-state index is 0.562. The third-order valence-electron chi connectivity index (χ3n) is 5.42. The van der Waals surface area contributed by atoms with E-state index in [4.69, 9.17) is 17.2 Å². The molecule has 142 valence electrons. The molecular weight excluding hydrogens is 364 g/mol. The van der Waals surface area contributed by atoms with Crippen molar-refractivity contribution in [3.63, 3.8) is 0 Å². The maximum atomic E-state index is 5.40. The van der Waals surface area contributed by atoms with Crippen molar-refractivity contribution in [1.82, 2.24) is 19.7 Å². The molecule has 0 aliphatic carbocycles. The van der Waals surface area contributed by atoms with E-state index < -0.39 is 0 Å². The third kappa shape index (κ3) is 3.27. The average molecular weight is 389 g/mol. The molecule has 4 rings (SSSR count). The van der Waals surface area contributed by atoms with Crippen LogP contribution < -0.4 is 0 Å². The molecule has 1 N–H and O–H groups in total. The largest absolute Gasteiger partial charge is 0.300 e. The van der Waals surface area contributed by atoms with Crippen LogP contribution in [0.3, 0.4) is 0 Å². The highest BCUT2D eigenvalue weighted by Crippen LogP contribution is 2.32. The monoisotopic (exact) mass is 388 g/mol. The SMILES string of the molecule is CC[C@@H](C)c1ccc(-c2cc(-c3n[nH]c(=S)n3CC)c3ccccc3n2)cc1. The van der Waals surface area contributed by atoms with Crippen molar-refractivity contribution in [3.05, 3.63) is 64.9 Å². The number of aromatic nitrogens is 4. The van der Waals surface area contributed by atoms with Gasteiger partial charge in [-0.2, -0.15) is 5.10 Å². The minimum Gasteiger partial charge on any atom is -0.300 e. The molecule has 4 aromatic rings. The first kappa shape index (κ1) is 18.6. The molecule has 4 nitrogen and oxygen atoms in total. The Kier molecular flexibility index (Phi) is 5.09. The first-order valence-corrected chi connectivity index (χ1v) is 10.2. The van der Waals surface area contributed by atoms with E-state index in [2.05, 4.69) is 67.4 Å². The molecule has 2 aromatic carbocycles. The summed E-state index contributed by atoms with van der Waals surface area (Å²) in [6.07, 6.45) is 1.14. The van der Waals surface area contributed by atoms with Gasteiger partial charge in [-0.1, -0.05) is 56.3 Å². The molecule has 0 aliphatic rings. The minimum absolute atomic E-state index is 0.562. The highest BCUT2D eigenvalue weighted by molar-refractivity contribution is 7.71. The van der Waals surface area contributed by atoms with Crippen LogP contribution in [0.4, 0.5) is 0 Å². The number of fused-ring (bicyclic) bond motifs is 1. The summed E-state index contributed by atoms with van der Waals surface area (Å²) in [5.41, 5.74) is 5.41. The highest BCUT2D eigenvalue weighted by Gasteiger charge is 2.14.